The Labute approximate surface area is 81.9 Å². The minimum Gasteiger partial charge on any atom is -0.486 e. The molecule has 1 aromatic carbocycles. The first-order chi connectivity index (χ1) is 6.83. The largest absolute Gasteiger partial charge is 0.486 e. The maximum absolute atomic E-state index is 5.63. The average molecular weight is 190 g/mol. The van der Waals surface area contributed by atoms with Gasteiger partial charge in [-0.25, -0.2) is 0 Å². The van der Waals surface area contributed by atoms with Gasteiger partial charge in [0.2, 0.25) is 6.79 Å². The fourth-order valence-corrected chi connectivity index (χ4v) is 1.65. The van der Waals surface area contributed by atoms with Crippen LogP contribution < -0.4 is 14.2 Å². The van der Waals surface area contributed by atoms with Crippen LogP contribution in [0.1, 0.15) is 12.5 Å². The molecule has 3 heteroatoms. The third kappa shape index (κ3) is 1.05. The molecule has 0 amide bonds. The molecule has 0 radical (unpaired) electrons. The number of fused-ring (bicyclic) bond motifs is 2. The molecule has 1 atom stereocenters. The number of benzene rings is 1. The van der Waals surface area contributed by atoms with Crippen LogP contribution in [0.25, 0.3) is 6.08 Å². The summed E-state index contributed by atoms with van der Waals surface area (Å²) < 4.78 is 16.2. The lowest BCUT2D eigenvalue weighted by molar-refractivity contribution is 0.173. The van der Waals surface area contributed by atoms with Gasteiger partial charge in [-0.1, -0.05) is 6.08 Å². The molecule has 0 bridgehead atoms. The molecule has 0 saturated heterocycles. The fraction of sp³-hybridized carbons (Fsp3) is 0.273. The normalized spacial score (nSPS) is 21.6. The van der Waals surface area contributed by atoms with Crippen LogP contribution in [-0.2, 0) is 0 Å². The van der Waals surface area contributed by atoms with Crippen LogP contribution >= 0.6 is 0 Å². The van der Waals surface area contributed by atoms with Gasteiger partial charge in [0.1, 0.15) is 11.9 Å². The molecule has 14 heavy (non-hydrogen) atoms. The van der Waals surface area contributed by atoms with Crippen molar-refractivity contribution in [1.82, 2.24) is 0 Å². The number of ether oxygens (including phenoxy) is 3. The summed E-state index contributed by atoms with van der Waals surface area (Å²) in [5.74, 6) is 2.43. The van der Waals surface area contributed by atoms with E-state index in [1.54, 1.807) is 0 Å². The lowest BCUT2D eigenvalue weighted by Crippen LogP contribution is -2.11. The van der Waals surface area contributed by atoms with Crippen LogP contribution in [0, 0.1) is 0 Å². The fourth-order valence-electron chi connectivity index (χ4n) is 1.65. The van der Waals surface area contributed by atoms with Gasteiger partial charge in [0.05, 0.1) is 0 Å². The Morgan fingerprint density at radius 1 is 1.14 bits per heavy atom. The highest BCUT2D eigenvalue weighted by Gasteiger charge is 2.19. The third-order valence-corrected chi connectivity index (χ3v) is 2.36. The van der Waals surface area contributed by atoms with Gasteiger partial charge >= 0.3 is 0 Å². The Morgan fingerprint density at radius 3 is 2.79 bits per heavy atom. The molecule has 0 N–H and O–H groups in total. The van der Waals surface area contributed by atoms with Gasteiger partial charge < -0.3 is 14.2 Å². The Morgan fingerprint density at radius 2 is 1.93 bits per heavy atom. The van der Waals surface area contributed by atoms with Crippen molar-refractivity contribution in [3.63, 3.8) is 0 Å². The van der Waals surface area contributed by atoms with E-state index in [4.69, 9.17) is 14.2 Å². The predicted molar refractivity (Wildman–Crippen MR) is 51.7 cm³/mol. The first-order valence-corrected chi connectivity index (χ1v) is 4.61. The molecule has 1 unspecified atom stereocenters. The Balaban J connectivity index is 2.12. The topological polar surface area (TPSA) is 27.7 Å². The molecule has 3 nitrogen and oxygen atoms in total. The van der Waals surface area contributed by atoms with Crippen molar-refractivity contribution in [3.8, 4) is 17.2 Å². The van der Waals surface area contributed by atoms with Crippen molar-refractivity contribution in [2.24, 2.45) is 0 Å². The zero-order valence-electron chi connectivity index (χ0n) is 7.82. The quantitative estimate of drug-likeness (QED) is 0.627. The summed E-state index contributed by atoms with van der Waals surface area (Å²) in [6.45, 7) is 2.31. The molecule has 0 aromatic heterocycles. The van der Waals surface area contributed by atoms with Gasteiger partial charge in [-0.2, -0.15) is 0 Å². The lowest BCUT2D eigenvalue weighted by Gasteiger charge is -2.18. The number of hydrogen-bond donors (Lipinski definition) is 0. The van der Waals surface area contributed by atoms with Crippen LogP contribution in [0.2, 0.25) is 0 Å². The second-order valence-electron chi connectivity index (χ2n) is 3.43. The van der Waals surface area contributed by atoms with E-state index in [0.717, 1.165) is 22.8 Å². The molecular formula is C11H10O3. The minimum atomic E-state index is 0.128. The molecule has 2 aliphatic rings. The van der Waals surface area contributed by atoms with Crippen LogP contribution in [0.3, 0.4) is 0 Å². The van der Waals surface area contributed by atoms with E-state index < -0.39 is 0 Å². The minimum absolute atomic E-state index is 0.128. The van der Waals surface area contributed by atoms with E-state index in [9.17, 15) is 0 Å². The predicted octanol–water partition coefficient (Wildman–Crippen LogP) is 2.21. The molecule has 0 spiro atoms. The number of rotatable bonds is 0. The zero-order chi connectivity index (χ0) is 9.54. The van der Waals surface area contributed by atoms with E-state index in [2.05, 4.69) is 0 Å². The summed E-state index contributed by atoms with van der Waals surface area (Å²) in [6.07, 6.45) is 4.19. The highest BCUT2D eigenvalue weighted by Crippen LogP contribution is 2.40. The molecule has 2 heterocycles. The van der Waals surface area contributed by atoms with Gasteiger partial charge in [0, 0.05) is 11.6 Å². The summed E-state index contributed by atoms with van der Waals surface area (Å²) in [6, 6.07) is 3.83. The maximum atomic E-state index is 5.63. The van der Waals surface area contributed by atoms with Crippen LogP contribution in [0.4, 0.5) is 0 Å². The van der Waals surface area contributed by atoms with Gasteiger partial charge in [-0.15, -0.1) is 0 Å². The molecule has 72 valence electrons. The Hall–Kier alpha value is -1.64. The highest BCUT2D eigenvalue weighted by atomic mass is 16.7. The van der Waals surface area contributed by atoms with Crippen molar-refractivity contribution in [3.05, 3.63) is 23.8 Å². The van der Waals surface area contributed by atoms with Crippen molar-refractivity contribution < 1.29 is 14.2 Å². The van der Waals surface area contributed by atoms with Crippen LogP contribution in [-0.4, -0.2) is 12.9 Å². The van der Waals surface area contributed by atoms with Crippen molar-refractivity contribution in [2.75, 3.05) is 6.79 Å². The standard InChI is InChI=1S/C11H10O3/c1-7-2-3-8-4-10-11(13-6-12-10)5-9(8)14-7/h2-5,7H,6H2,1H3. The summed E-state index contributed by atoms with van der Waals surface area (Å²) in [5.41, 5.74) is 1.05. The second-order valence-corrected chi connectivity index (χ2v) is 3.43. The first-order valence-electron chi connectivity index (χ1n) is 4.61. The van der Waals surface area contributed by atoms with Crippen molar-refractivity contribution in [2.45, 2.75) is 13.0 Å². The molecular weight excluding hydrogens is 180 g/mol. The zero-order valence-corrected chi connectivity index (χ0v) is 7.82. The molecule has 2 aliphatic heterocycles. The third-order valence-electron chi connectivity index (χ3n) is 2.36. The van der Waals surface area contributed by atoms with E-state index in [1.807, 2.05) is 31.2 Å². The van der Waals surface area contributed by atoms with Crippen LogP contribution in [0.5, 0.6) is 17.2 Å². The smallest absolute Gasteiger partial charge is 0.231 e. The molecule has 1 aromatic rings. The van der Waals surface area contributed by atoms with E-state index in [1.165, 1.54) is 0 Å². The van der Waals surface area contributed by atoms with Gasteiger partial charge in [0.15, 0.2) is 11.5 Å². The van der Waals surface area contributed by atoms with Gasteiger partial charge in [-0.3, -0.25) is 0 Å². The monoisotopic (exact) mass is 190 g/mol. The number of hydrogen-bond acceptors (Lipinski definition) is 3. The second kappa shape index (κ2) is 2.67. The van der Waals surface area contributed by atoms with Gasteiger partial charge in [0.25, 0.3) is 0 Å². The molecule has 0 saturated carbocycles. The summed E-state index contributed by atoms with van der Waals surface area (Å²) in [4.78, 5) is 0. The molecule has 3 rings (SSSR count). The SMILES string of the molecule is CC1C=Cc2cc3c(cc2O1)OCO3. The lowest BCUT2D eigenvalue weighted by atomic mass is 10.1. The highest BCUT2D eigenvalue weighted by molar-refractivity contribution is 5.65. The van der Waals surface area contributed by atoms with Gasteiger partial charge in [-0.05, 0) is 19.1 Å². The molecule has 0 fully saturated rings. The summed E-state index contributed by atoms with van der Waals surface area (Å²) in [7, 11) is 0. The van der Waals surface area contributed by atoms with Crippen LogP contribution in [0.15, 0.2) is 18.2 Å². The first kappa shape index (κ1) is 7.74. The maximum Gasteiger partial charge on any atom is 0.231 e. The van der Waals surface area contributed by atoms with Crippen molar-refractivity contribution >= 4 is 6.08 Å². The van der Waals surface area contributed by atoms with E-state index >= 15 is 0 Å². The summed E-state index contributed by atoms with van der Waals surface area (Å²) in [5, 5.41) is 0. The van der Waals surface area contributed by atoms with E-state index in [0.29, 0.717) is 6.79 Å². The Kier molecular flexibility index (Phi) is 1.48. The van der Waals surface area contributed by atoms with E-state index in [-0.39, 0.29) is 6.10 Å². The Bertz CT molecular complexity index is 409. The average Bonchev–Trinajstić information content (AvgIpc) is 2.61. The summed E-state index contributed by atoms with van der Waals surface area (Å²) >= 11 is 0. The van der Waals surface area contributed by atoms with Crippen molar-refractivity contribution in [1.29, 1.82) is 0 Å². The molecule has 0 aliphatic carbocycles.